The van der Waals surface area contributed by atoms with Crippen molar-refractivity contribution in [2.45, 2.75) is 19.3 Å². The van der Waals surface area contributed by atoms with E-state index in [1.807, 2.05) is 42.5 Å². The highest BCUT2D eigenvalue weighted by molar-refractivity contribution is 6.18. The minimum atomic E-state index is -0.428. The average molecular weight is 735 g/mol. The number of anilines is 3. The van der Waals surface area contributed by atoms with Gasteiger partial charge in [-0.2, -0.15) is 0 Å². The Labute approximate surface area is 339 Å². The summed E-state index contributed by atoms with van der Waals surface area (Å²) in [7, 11) is 0. The maximum Gasteiger partial charge on any atom is 0.159 e. The third kappa shape index (κ3) is 5.25. The van der Waals surface area contributed by atoms with Crippen molar-refractivity contribution in [3.63, 3.8) is 0 Å². The smallest absolute Gasteiger partial charge is 0.159 e. The van der Waals surface area contributed by atoms with Crippen LogP contribution in [0, 0.1) is 0 Å². The first-order chi connectivity index (χ1) is 30.1. The number of hydrogen-bond acceptors (Lipinski definition) is 2. The molecule has 0 saturated carbocycles. The van der Waals surface area contributed by atoms with Gasteiger partial charge < -0.3 is 9.32 Å². The summed E-state index contributed by atoms with van der Waals surface area (Å²) in [6, 6.07) is 57.3. The molecular formula is C55H39NO. The van der Waals surface area contributed by atoms with Gasteiger partial charge in [-0.3, -0.25) is 0 Å². The van der Waals surface area contributed by atoms with Gasteiger partial charge in [-0.1, -0.05) is 184 Å². The number of hydrogen-bond donors (Lipinski definition) is 0. The minimum absolute atomic E-state index is 0.166. The third-order valence-corrected chi connectivity index (χ3v) is 11.7. The number of fused-ring (bicyclic) bond motifs is 7. The Morgan fingerprint density at radius 1 is 0.456 bits per heavy atom. The van der Waals surface area contributed by atoms with Gasteiger partial charge in [0.05, 0.1) is 12.5 Å². The highest BCUT2D eigenvalue weighted by atomic mass is 16.3. The second-order valence-corrected chi connectivity index (χ2v) is 15.3. The summed E-state index contributed by atoms with van der Waals surface area (Å²) in [5, 5.41) is 4.34. The molecule has 1 aromatic heterocycles. The average Bonchev–Trinajstić information content (AvgIpc) is 3.80. The molecule has 0 amide bonds. The van der Waals surface area contributed by atoms with Crippen LogP contribution in [0.3, 0.4) is 0 Å². The minimum Gasteiger partial charge on any atom is -0.453 e. The molecule has 11 rings (SSSR count). The second-order valence-electron chi connectivity index (χ2n) is 15.3. The summed E-state index contributed by atoms with van der Waals surface area (Å²) < 4.78 is 49.8. The van der Waals surface area contributed by atoms with E-state index in [4.69, 9.17) is 11.3 Å². The van der Waals surface area contributed by atoms with Crippen molar-refractivity contribution in [1.29, 1.82) is 0 Å². The van der Waals surface area contributed by atoms with Gasteiger partial charge in [0, 0.05) is 33.1 Å². The number of benzene rings is 9. The van der Waals surface area contributed by atoms with E-state index in [0.29, 0.717) is 5.56 Å². The van der Waals surface area contributed by atoms with Crippen LogP contribution < -0.4 is 4.90 Å². The van der Waals surface area contributed by atoms with E-state index in [1.54, 1.807) is 0 Å². The molecule has 0 bridgehead atoms. The zero-order chi connectivity index (χ0) is 42.4. The van der Waals surface area contributed by atoms with Crippen LogP contribution in [0.25, 0.3) is 77.2 Å². The highest BCUT2D eigenvalue weighted by Gasteiger charge is 2.41. The fourth-order valence-corrected chi connectivity index (χ4v) is 9.06. The highest BCUT2D eigenvalue weighted by Crippen LogP contribution is 2.58. The van der Waals surface area contributed by atoms with Gasteiger partial charge in [-0.05, 0) is 91.2 Å². The van der Waals surface area contributed by atoms with E-state index >= 15 is 0 Å². The topological polar surface area (TPSA) is 16.4 Å². The summed E-state index contributed by atoms with van der Waals surface area (Å²) in [4.78, 5) is 2.27. The molecule has 57 heavy (non-hydrogen) atoms. The van der Waals surface area contributed by atoms with Gasteiger partial charge in [-0.15, -0.1) is 0 Å². The Morgan fingerprint density at radius 2 is 1.04 bits per heavy atom. The Kier molecular flexibility index (Phi) is 6.43. The molecule has 0 atom stereocenters. The summed E-state index contributed by atoms with van der Waals surface area (Å²) in [6.45, 7) is 4.57. The molecule has 2 nitrogen and oxygen atoms in total. The van der Waals surface area contributed by atoms with Gasteiger partial charge in [0.15, 0.2) is 5.58 Å². The molecule has 2 heteroatoms. The zero-order valence-electron chi connectivity index (χ0n) is 36.5. The first-order valence-corrected chi connectivity index (χ1v) is 19.4. The van der Waals surface area contributed by atoms with Crippen LogP contribution in [0.1, 0.15) is 31.8 Å². The van der Waals surface area contributed by atoms with Gasteiger partial charge in [0.1, 0.15) is 5.58 Å². The molecule has 0 N–H and O–H groups in total. The molecule has 0 spiro atoms. The van der Waals surface area contributed by atoms with Crippen LogP contribution >= 0.6 is 0 Å². The van der Waals surface area contributed by atoms with Crippen molar-refractivity contribution in [2.24, 2.45) is 0 Å². The van der Waals surface area contributed by atoms with Crippen LogP contribution in [-0.4, -0.2) is 0 Å². The Balaban J connectivity index is 1.22. The number of nitrogens with zero attached hydrogens (tertiary/aromatic N) is 1. The molecule has 0 saturated heterocycles. The van der Waals surface area contributed by atoms with Crippen LogP contribution in [0.4, 0.5) is 17.1 Å². The molecule has 1 heterocycles. The van der Waals surface area contributed by atoms with E-state index in [2.05, 4.69) is 146 Å². The van der Waals surface area contributed by atoms with Crippen molar-refractivity contribution in [3.8, 4) is 44.5 Å². The SMILES string of the molecule is [2H]c1c([2H])c([2H])c(-c2ccc(N(c3ccc(-c4ccccc4)cc3)c3c4c(cc5c3oc3c(-c6cccc7ccccc67)cccc35)-c3ccccc3C4(C)C)cc2)c([2H])c1[2H]. The van der Waals surface area contributed by atoms with E-state index in [-0.39, 0.29) is 29.7 Å². The van der Waals surface area contributed by atoms with Crippen LogP contribution in [0.2, 0.25) is 0 Å². The third-order valence-electron chi connectivity index (χ3n) is 11.7. The molecular weight excluding hydrogens is 691 g/mol. The molecule has 1 aliphatic rings. The van der Waals surface area contributed by atoms with Gasteiger partial charge >= 0.3 is 0 Å². The maximum atomic E-state index is 8.73. The summed E-state index contributed by atoms with van der Waals surface area (Å²) in [5.74, 6) is 0. The summed E-state index contributed by atoms with van der Waals surface area (Å²) in [6.07, 6.45) is 0. The maximum absolute atomic E-state index is 8.73. The largest absolute Gasteiger partial charge is 0.453 e. The van der Waals surface area contributed by atoms with Crippen molar-refractivity contribution >= 4 is 49.8 Å². The van der Waals surface area contributed by atoms with Gasteiger partial charge in [0.2, 0.25) is 0 Å². The van der Waals surface area contributed by atoms with Crippen molar-refractivity contribution in [1.82, 2.24) is 0 Å². The lowest BCUT2D eigenvalue weighted by molar-refractivity contribution is 0.648. The summed E-state index contributed by atoms with van der Waals surface area (Å²) >= 11 is 0. The van der Waals surface area contributed by atoms with Gasteiger partial charge in [0.25, 0.3) is 0 Å². The van der Waals surface area contributed by atoms with Crippen molar-refractivity contribution < 1.29 is 11.3 Å². The van der Waals surface area contributed by atoms with Crippen LogP contribution in [-0.2, 0) is 5.41 Å². The fraction of sp³-hybridized carbons (Fsp3) is 0.0545. The lowest BCUT2D eigenvalue weighted by Crippen LogP contribution is -2.21. The molecule has 0 fully saturated rings. The normalized spacial score (nSPS) is 14.1. The molecule has 270 valence electrons. The zero-order valence-corrected chi connectivity index (χ0v) is 31.5. The first-order valence-electron chi connectivity index (χ1n) is 21.9. The first kappa shape index (κ1) is 28.3. The molecule has 9 aromatic carbocycles. The number of furan rings is 1. The van der Waals surface area contributed by atoms with Gasteiger partial charge in [-0.25, -0.2) is 0 Å². The monoisotopic (exact) mass is 734 g/mol. The molecule has 0 radical (unpaired) electrons. The molecule has 0 aliphatic heterocycles. The van der Waals surface area contributed by atoms with Crippen LogP contribution in [0.15, 0.2) is 204 Å². The van der Waals surface area contributed by atoms with Crippen molar-refractivity contribution in [2.75, 3.05) is 4.90 Å². The Hall–Kier alpha value is -7.16. The lowest BCUT2D eigenvalue weighted by Gasteiger charge is -2.32. The number of rotatable bonds is 6. The lowest BCUT2D eigenvalue weighted by atomic mass is 9.80. The predicted molar refractivity (Wildman–Crippen MR) is 240 cm³/mol. The fourth-order valence-electron chi connectivity index (χ4n) is 9.06. The van der Waals surface area contributed by atoms with E-state index in [9.17, 15) is 0 Å². The van der Waals surface area contributed by atoms with Crippen LogP contribution in [0.5, 0.6) is 0 Å². The standard InChI is InChI=1S/C55H39NO/c1-55(2)50-26-12-11-22-45(50)48-35-49-47-25-14-24-46(44-23-13-20-40-19-9-10-21-43(40)44)53(47)57-54(49)52(51(48)55)56(41-31-27-38(28-32-41)36-15-5-3-6-16-36)42-33-29-39(30-34-42)37-17-7-4-8-18-37/h3-35H,1-2H3/i3D,5D,6D,15D,16D. The second kappa shape index (κ2) is 13.0. The molecule has 10 aromatic rings. The number of para-hydroxylation sites is 1. The van der Waals surface area contributed by atoms with E-state index in [1.165, 1.54) is 11.1 Å². The molecule has 1 aliphatic carbocycles. The Morgan fingerprint density at radius 3 is 1.81 bits per heavy atom. The summed E-state index contributed by atoms with van der Waals surface area (Å²) in [5.41, 5.74) is 13.5. The predicted octanol–water partition coefficient (Wildman–Crippen LogP) is 15.5. The molecule has 0 unspecified atom stereocenters. The quantitative estimate of drug-likeness (QED) is 0.169. The van der Waals surface area contributed by atoms with Crippen molar-refractivity contribution in [3.05, 3.63) is 211 Å². The van der Waals surface area contributed by atoms with E-state index < -0.39 is 11.5 Å². The Bertz CT molecular complexity index is 3390. The van der Waals surface area contributed by atoms with E-state index in [0.717, 1.165) is 83.2 Å².